The number of H-pyrrole nitrogens is 1. The molecule has 1 aliphatic heterocycles. The van der Waals surface area contributed by atoms with Crippen LogP contribution in [0, 0.1) is 0 Å². The first kappa shape index (κ1) is 12.7. The van der Waals surface area contributed by atoms with Gasteiger partial charge in [0.25, 0.3) is 5.79 Å². The number of aromatic nitrogens is 2. The summed E-state index contributed by atoms with van der Waals surface area (Å²) in [6, 6.07) is 5.16. The van der Waals surface area contributed by atoms with Crippen LogP contribution in [0.5, 0.6) is 11.5 Å². The van der Waals surface area contributed by atoms with Gasteiger partial charge in [-0.05, 0) is 40.5 Å². The lowest BCUT2D eigenvalue weighted by Crippen LogP contribution is -2.45. The third-order valence-corrected chi connectivity index (χ3v) is 4.48. The van der Waals surface area contributed by atoms with E-state index in [4.69, 9.17) is 14.6 Å². The minimum Gasteiger partial charge on any atom is -0.477 e. The molecule has 0 amide bonds. The number of nitrogens with one attached hydrogen (secondary N) is 1. The SMILES string of the molecule is O=C(O)c1cc(-c2cc3c(cc2Br)OC2(CCC2)O3)n[nH]1. The van der Waals surface area contributed by atoms with Gasteiger partial charge in [0.1, 0.15) is 5.69 Å². The summed E-state index contributed by atoms with van der Waals surface area (Å²) in [7, 11) is 0. The number of hydrogen-bond donors (Lipinski definition) is 2. The highest BCUT2D eigenvalue weighted by molar-refractivity contribution is 9.10. The van der Waals surface area contributed by atoms with Gasteiger partial charge in [0.15, 0.2) is 11.5 Å². The number of rotatable bonds is 2. The van der Waals surface area contributed by atoms with E-state index in [1.807, 2.05) is 12.1 Å². The summed E-state index contributed by atoms with van der Waals surface area (Å²) in [6.45, 7) is 0. The van der Waals surface area contributed by atoms with Crippen molar-refractivity contribution in [3.8, 4) is 22.8 Å². The van der Waals surface area contributed by atoms with E-state index in [1.54, 1.807) is 0 Å². The van der Waals surface area contributed by atoms with Gasteiger partial charge in [-0.25, -0.2) is 4.79 Å². The molecule has 1 saturated carbocycles. The lowest BCUT2D eigenvalue weighted by atomic mass is 9.91. The molecule has 0 atom stereocenters. The number of aromatic amines is 1. The van der Waals surface area contributed by atoms with Gasteiger partial charge < -0.3 is 14.6 Å². The summed E-state index contributed by atoms with van der Waals surface area (Å²) in [5.41, 5.74) is 1.35. The average Bonchev–Trinajstić information content (AvgIpc) is 3.00. The summed E-state index contributed by atoms with van der Waals surface area (Å²) in [4.78, 5) is 10.9. The van der Waals surface area contributed by atoms with Gasteiger partial charge in [-0.15, -0.1) is 0 Å². The van der Waals surface area contributed by atoms with Crippen LogP contribution in [-0.2, 0) is 0 Å². The summed E-state index contributed by atoms with van der Waals surface area (Å²) in [5.74, 6) is -0.149. The molecule has 1 aromatic carbocycles. The van der Waals surface area contributed by atoms with Gasteiger partial charge >= 0.3 is 5.97 Å². The molecule has 0 unspecified atom stereocenters. The van der Waals surface area contributed by atoms with Crippen molar-refractivity contribution in [2.45, 2.75) is 25.0 Å². The molecule has 0 bridgehead atoms. The van der Waals surface area contributed by atoms with Crippen molar-refractivity contribution in [1.29, 1.82) is 0 Å². The molecule has 0 radical (unpaired) electrons. The Morgan fingerprint density at radius 1 is 1.29 bits per heavy atom. The van der Waals surface area contributed by atoms with Crippen molar-refractivity contribution in [1.82, 2.24) is 10.2 Å². The van der Waals surface area contributed by atoms with Crippen LogP contribution in [0.3, 0.4) is 0 Å². The lowest BCUT2D eigenvalue weighted by Gasteiger charge is -2.35. The number of benzene rings is 1. The Bertz CT molecular complexity index is 751. The Kier molecular flexibility index (Phi) is 2.56. The first-order valence-corrected chi connectivity index (χ1v) is 7.36. The van der Waals surface area contributed by atoms with Crippen LogP contribution < -0.4 is 9.47 Å². The molecule has 6 nitrogen and oxygen atoms in total. The van der Waals surface area contributed by atoms with Gasteiger partial charge in [0, 0.05) is 22.9 Å². The fraction of sp³-hybridized carbons (Fsp3) is 0.286. The monoisotopic (exact) mass is 350 g/mol. The third-order valence-electron chi connectivity index (χ3n) is 3.82. The molecule has 2 N–H and O–H groups in total. The maximum Gasteiger partial charge on any atom is 0.353 e. The number of aromatic carboxylic acids is 1. The third kappa shape index (κ3) is 1.91. The number of nitrogens with zero attached hydrogens (tertiary/aromatic N) is 1. The fourth-order valence-corrected chi connectivity index (χ4v) is 3.08. The normalized spacial score (nSPS) is 17.8. The maximum atomic E-state index is 10.9. The highest BCUT2D eigenvalue weighted by Gasteiger charge is 2.47. The Morgan fingerprint density at radius 2 is 2.00 bits per heavy atom. The fourth-order valence-electron chi connectivity index (χ4n) is 2.55. The molecule has 2 heterocycles. The molecule has 4 rings (SSSR count). The maximum absolute atomic E-state index is 10.9. The summed E-state index contributed by atoms with van der Waals surface area (Å²) in [5, 5.41) is 15.5. The minimum absolute atomic E-state index is 0.0463. The predicted molar refractivity (Wildman–Crippen MR) is 76.5 cm³/mol. The highest BCUT2D eigenvalue weighted by Crippen LogP contribution is 2.50. The zero-order chi connectivity index (χ0) is 14.6. The molecular formula is C14H11BrN2O4. The minimum atomic E-state index is -1.04. The average molecular weight is 351 g/mol. The number of carboxylic acid groups (broad SMARTS) is 1. The Morgan fingerprint density at radius 3 is 2.57 bits per heavy atom. The highest BCUT2D eigenvalue weighted by atomic mass is 79.9. The van der Waals surface area contributed by atoms with Crippen LogP contribution in [-0.4, -0.2) is 27.1 Å². The van der Waals surface area contributed by atoms with Crippen molar-refractivity contribution in [3.63, 3.8) is 0 Å². The number of carboxylic acids is 1. The van der Waals surface area contributed by atoms with E-state index >= 15 is 0 Å². The Balaban J connectivity index is 1.74. The van der Waals surface area contributed by atoms with E-state index < -0.39 is 11.8 Å². The van der Waals surface area contributed by atoms with Gasteiger partial charge in [-0.2, -0.15) is 5.10 Å². The van der Waals surface area contributed by atoms with Crippen molar-refractivity contribution in [2.24, 2.45) is 0 Å². The smallest absolute Gasteiger partial charge is 0.353 e. The van der Waals surface area contributed by atoms with Crippen molar-refractivity contribution in [2.75, 3.05) is 0 Å². The molecule has 1 aromatic heterocycles. The first-order valence-electron chi connectivity index (χ1n) is 6.57. The number of hydrogen-bond acceptors (Lipinski definition) is 4. The van der Waals surface area contributed by atoms with Crippen LogP contribution >= 0.6 is 15.9 Å². The molecule has 21 heavy (non-hydrogen) atoms. The second-order valence-corrected chi connectivity index (χ2v) is 6.07. The van der Waals surface area contributed by atoms with Crippen LogP contribution in [0.2, 0.25) is 0 Å². The standard InChI is InChI=1S/C14H11BrN2O4/c15-8-5-12-11(20-14(21-12)2-1-3-14)4-7(8)9-6-10(13(18)19)17-16-9/h4-6H,1-3H2,(H,16,17)(H,18,19). The molecule has 2 aliphatic rings. The zero-order valence-corrected chi connectivity index (χ0v) is 12.4. The van der Waals surface area contributed by atoms with Crippen molar-refractivity contribution >= 4 is 21.9 Å². The molecule has 108 valence electrons. The van der Waals surface area contributed by atoms with Gasteiger partial charge in [0.05, 0.1) is 5.69 Å². The van der Waals surface area contributed by atoms with Crippen LogP contribution in [0.15, 0.2) is 22.7 Å². The molecule has 0 saturated heterocycles. The predicted octanol–water partition coefficient (Wildman–Crippen LogP) is 3.19. The molecule has 1 spiro atoms. The van der Waals surface area contributed by atoms with E-state index in [1.165, 1.54) is 6.07 Å². The van der Waals surface area contributed by atoms with Gasteiger partial charge in [-0.3, -0.25) is 5.10 Å². The lowest BCUT2D eigenvalue weighted by molar-refractivity contribution is -0.138. The van der Waals surface area contributed by atoms with E-state index in [-0.39, 0.29) is 5.69 Å². The van der Waals surface area contributed by atoms with Crippen LogP contribution in [0.1, 0.15) is 29.8 Å². The molecule has 7 heteroatoms. The van der Waals surface area contributed by atoms with Crippen molar-refractivity contribution < 1.29 is 19.4 Å². The van der Waals surface area contributed by atoms with E-state index in [0.717, 1.165) is 29.3 Å². The molecule has 2 aromatic rings. The Hall–Kier alpha value is -2.02. The first-order chi connectivity index (χ1) is 10.1. The summed E-state index contributed by atoms with van der Waals surface area (Å²) < 4.78 is 12.6. The zero-order valence-electron chi connectivity index (χ0n) is 10.9. The van der Waals surface area contributed by atoms with Gasteiger partial charge in [0.2, 0.25) is 0 Å². The summed E-state index contributed by atoms with van der Waals surface area (Å²) >= 11 is 3.47. The second-order valence-electron chi connectivity index (χ2n) is 5.22. The van der Waals surface area contributed by atoms with Crippen molar-refractivity contribution in [3.05, 3.63) is 28.4 Å². The van der Waals surface area contributed by atoms with E-state index in [0.29, 0.717) is 17.2 Å². The largest absolute Gasteiger partial charge is 0.477 e. The molecule has 1 aliphatic carbocycles. The topological polar surface area (TPSA) is 84.4 Å². The molecular weight excluding hydrogens is 340 g/mol. The number of fused-ring (bicyclic) bond motifs is 1. The van der Waals surface area contributed by atoms with E-state index in [9.17, 15) is 4.79 Å². The number of halogens is 1. The Labute approximate surface area is 128 Å². The van der Waals surface area contributed by atoms with E-state index in [2.05, 4.69) is 26.1 Å². The van der Waals surface area contributed by atoms with Crippen LogP contribution in [0.4, 0.5) is 0 Å². The van der Waals surface area contributed by atoms with Gasteiger partial charge in [-0.1, -0.05) is 0 Å². The molecule has 1 fully saturated rings. The van der Waals surface area contributed by atoms with Crippen LogP contribution in [0.25, 0.3) is 11.3 Å². The summed E-state index contributed by atoms with van der Waals surface area (Å²) in [6.07, 6.45) is 2.88. The number of carbonyl (C=O) groups is 1. The number of ether oxygens (including phenoxy) is 2. The quantitative estimate of drug-likeness (QED) is 0.868. The second kappa shape index (κ2) is 4.24.